The highest BCUT2D eigenvalue weighted by atomic mass is 16.6. The Bertz CT molecular complexity index is 883. The smallest absolute Gasteiger partial charge is 0.309 e. The van der Waals surface area contributed by atoms with Gasteiger partial charge in [0, 0.05) is 11.3 Å². The lowest BCUT2D eigenvalue weighted by atomic mass is 10.1. The van der Waals surface area contributed by atoms with Gasteiger partial charge in [0.1, 0.15) is 18.4 Å². The van der Waals surface area contributed by atoms with Crippen LogP contribution in [0.2, 0.25) is 0 Å². The number of rotatable bonds is 4. The molecule has 23 heavy (non-hydrogen) atoms. The van der Waals surface area contributed by atoms with E-state index in [4.69, 9.17) is 10.3 Å². The summed E-state index contributed by atoms with van der Waals surface area (Å²) in [6.45, 7) is 3.61. The molecule has 0 radical (unpaired) electrons. The Hall–Kier alpha value is -3.23. The Labute approximate surface area is 130 Å². The van der Waals surface area contributed by atoms with E-state index in [-0.39, 0.29) is 12.2 Å². The fourth-order valence-corrected chi connectivity index (χ4v) is 2.23. The largest absolute Gasteiger partial charge is 0.398 e. The van der Waals surface area contributed by atoms with Crippen molar-refractivity contribution in [1.82, 2.24) is 19.9 Å². The second-order valence-electron chi connectivity index (χ2n) is 5.09. The summed E-state index contributed by atoms with van der Waals surface area (Å²) in [4.78, 5) is 14.7. The van der Waals surface area contributed by atoms with E-state index in [1.54, 1.807) is 13.0 Å². The van der Waals surface area contributed by atoms with Gasteiger partial charge in [0.15, 0.2) is 0 Å². The number of hydrogen-bond acceptors (Lipinski definition) is 7. The fourth-order valence-electron chi connectivity index (χ4n) is 2.23. The van der Waals surface area contributed by atoms with Gasteiger partial charge in [-0.05, 0) is 25.5 Å². The lowest BCUT2D eigenvalue weighted by Crippen LogP contribution is -2.01. The average Bonchev–Trinajstić information content (AvgIpc) is 3.09. The van der Waals surface area contributed by atoms with Crippen LogP contribution in [0.25, 0.3) is 11.4 Å². The number of hydrogen-bond donors (Lipinski definition) is 1. The summed E-state index contributed by atoms with van der Waals surface area (Å²) >= 11 is 0. The number of nitro groups is 1. The van der Waals surface area contributed by atoms with Crippen LogP contribution in [0.5, 0.6) is 0 Å². The van der Waals surface area contributed by atoms with Crippen LogP contribution in [0, 0.1) is 24.0 Å². The SMILES string of the molecule is Cc1nn(Cc2nc(-c3cccc(N)c3C)no2)cc1[N+](=O)[O-]. The van der Waals surface area contributed by atoms with Crippen molar-refractivity contribution in [3.8, 4) is 11.4 Å². The molecule has 0 spiro atoms. The van der Waals surface area contributed by atoms with Crippen molar-refractivity contribution in [2.24, 2.45) is 0 Å². The number of nitrogens with two attached hydrogens (primary N) is 1. The quantitative estimate of drug-likeness (QED) is 0.444. The first-order valence-corrected chi connectivity index (χ1v) is 6.82. The van der Waals surface area contributed by atoms with Crippen LogP contribution in [-0.2, 0) is 6.54 Å². The molecule has 1 aromatic carbocycles. The standard InChI is InChI=1S/C14H14N6O3/c1-8-10(4-3-5-11(8)15)14-16-13(23-18-14)7-19-6-12(20(21)22)9(2)17-19/h3-6H,7,15H2,1-2H3. The zero-order valence-corrected chi connectivity index (χ0v) is 12.6. The molecule has 0 aliphatic heterocycles. The Balaban J connectivity index is 1.86. The van der Waals surface area contributed by atoms with Crippen molar-refractivity contribution in [2.75, 3.05) is 5.73 Å². The average molecular weight is 314 g/mol. The minimum Gasteiger partial charge on any atom is -0.398 e. The molecule has 118 valence electrons. The maximum atomic E-state index is 10.8. The lowest BCUT2D eigenvalue weighted by Gasteiger charge is -2.03. The van der Waals surface area contributed by atoms with E-state index in [0.717, 1.165) is 11.1 Å². The summed E-state index contributed by atoms with van der Waals surface area (Å²) in [7, 11) is 0. The second-order valence-corrected chi connectivity index (χ2v) is 5.09. The van der Waals surface area contributed by atoms with Crippen LogP contribution in [0.1, 0.15) is 17.1 Å². The van der Waals surface area contributed by atoms with Crippen molar-refractivity contribution in [2.45, 2.75) is 20.4 Å². The van der Waals surface area contributed by atoms with Crippen LogP contribution in [0.15, 0.2) is 28.9 Å². The molecule has 3 aromatic rings. The van der Waals surface area contributed by atoms with Gasteiger partial charge in [-0.3, -0.25) is 14.8 Å². The molecule has 2 N–H and O–H groups in total. The monoisotopic (exact) mass is 314 g/mol. The van der Waals surface area contributed by atoms with Crippen molar-refractivity contribution in [1.29, 1.82) is 0 Å². The second kappa shape index (κ2) is 5.52. The van der Waals surface area contributed by atoms with Crippen LogP contribution in [0.3, 0.4) is 0 Å². The van der Waals surface area contributed by atoms with Gasteiger partial charge in [0.2, 0.25) is 11.7 Å². The molecule has 9 nitrogen and oxygen atoms in total. The summed E-state index contributed by atoms with van der Waals surface area (Å²) < 4.78 is 6.59. The maximum Gasteiger partial charge on any atom is 0.309 e. The zero-order chi connectivity index (χ0) is 16.6. The summed E-state index contributed by atoms with van der Waals surface area (Å²) in [6, 6.07) is 5.46. The van der Waals surface area contributed by atoms with Crippen LogP contribution < -0.4 is 5.73 Å². The number of nitrogens with zero attached hydrogens (tertiary/aromatic N) is 5. The predicted octanol–water partition coefficient (Wildman–Crippen LogP) is 2.09. The molecule has 0 saturated heterocycles. The molecule has 2 aromatic heterocycles. The van der Waals surface area contributed by atoms with E-state index >= 15 is 0 Å². The summed E-state index contributed by atoms with van der Waals surface area (Å²) in [5.41, 5.74) is 8.45. The van der Waals surface area contributed by atoms with Crippen molar-refractivity contribution >= 4 is 11.4 Å². The number of anilines is 1. The van der Waals surface area contributed by atoms with E-state index < -0.39 is 4.92 Å². The Kier molecular flexibility index (Phi) is 3.53. The highest BCUT2D eigenvalue weighted by Crippen LogP contribution is 2.24. The predicted molar refractivity (Wildman–Crippen MR) is 81.6 cm³/mol. The molecule has 0 aliphatic rings. The van der Waals surface area contributed by atoms with Gasteiger partial charge in [-0.2, -0.15) is 10.1 Å². The van der Waals surface area contributed by atoms with Crippen LogP contribution in [-0.4, -0.2) is 24.8 Å². The zero-order valence-electron chi connectivity index (χ0n) is 12.6. The molecular formula is C14H14N6O3. The van der Waals surface area contributed by atoms with Gasteiger partial charge < -0.3 is 10.3 Å². The third-order valence-corrected chi connectivity index (χ3v) is 3.50. The molecule has 2 heterocycles. The molecule has 0 fully saturated rings. The Morgan fingerprint density at radius 3 is 2.87 bits per heavy atom. The molecule has 3 rings (SSSR count). The molecule has 0 atom stereocenters. The van der Waals surface area contributed by atoms with Gasteiger partial charge in [-0.1, -0.05) is 17.3 Å². The summed E-state index contributed by atoms with van der Waals surface area (Å²) in [6.07, 6.45) is 1.34. The molecule has 0 amide bonds. The van der Waals surface area contributed by atoms with Gasteiger partial charge in [-0.25, -0.2) is 0 Å². The number of aryl methyl sites for hydroxylation is 1. The van der Waals surface area contributed by atoms with Gasteiger partial charge >= 0.3 is 5.69 Å². The highest BCUT2D eigenvalue weighted by Gasteiger charge is 2.17. The van der Waals surface area contributed by atoms with E-state index in [1.807, 2.05) is 19.1 Å². The molecular weight excluding hydrogens is 300 g/mol. The number of aromatic nitrogens is 4. The molecule has 0 aliphatic carbocycles. The van der Waals surface area contributed by atoms with Gasteiger partial charge in [-0.15, -0.1) is 0 Å². The first-order valence-electron chi connectivity index (χ1n) is 6.82. The van der Waals surface area contributed by atoms with Crippen molar-refractivity contribution < 1.29 is 9.45 Å². The van der Waals surface area contributed by atoms with Crippen LogP contribution >= 0.6 is 0 Å². The fraction of sp³-hybridized carbons (Fsp3) is 0.214. The highest BCUT2D eigenvalue weighted by molar-refractivity contribution is 5.67. The molecule has 9 heteroatoms. The van der Waals surface area contributed by atoms with E-state index in [1.165, 1.54) is 10.9 Å². The van der Waals surface area contributed by atoms with Gasteiger partial charge in [0.05, 0.1) is 4.92 Å². The topological polar surface area (TPSA) is 126 Å². The minimum atomic E-state index is -0.478. The van der Waals surface area contributed by atoms with Crippen molar-refractivity contribution in [3.63, 3.8) is 0 Å². The van der Waals surface area contributed by atoms with E-state index in [2.05, 4.69) is 15.2 Å². The normalized spacial score (nSPS) is 10.9. The summed E-state index contributed by atoms with van der Waals surface area (Å²) in [5.74, 6) is 0.724. The molecule has 0 unspecified atom stereocenters. The number of nitrogen functional groups attached to an aromatic ring is 1. The van der Waals surface area contributed by atoms with Gasteiger partial charge in [0.25, 0.3) is 0 Å². The Morgan fingerprint density at radius 1 is 1.39 bits per heavy atom. The molecule has 0 bridgehead atoms. The maximum absolute atomic E-state index is 10.8. The van der Waals surface area contributed by atoms with Crippen molar-refractivity contribution in [3.05, 3.63) is 51.7 Å². The Morgan fingerprint density at radius 2 is 2.17 bits per heavy atom. The third kappa shape index (κ3) is 2.76. The van der Waals surface area contributed by atoms with E-state index in [0.29, 0.717) is 23.1 Å². The first-order chi connectivity index (χ1) is 11.0. The lowest BCUT2D eigenvalue weighted by molar-refractivity contribution is -0.385. The summed E-state index contributed by atoms with van der Waals surface area (Å²) in [5, 5.41) is 18.8. The third-order valence-electron chi connectivity index (χ3n) is 3.50. The first kappa shape index (κ1) is 14.7. The van der Waals surface area contributed by atoms with Crippen LogP contribution in [0.4, 0.5) is 11.4 Å². The minimum absolute atomic E-state index is 0.0450. The molecule has 0 saturated carbocycles. The van der Waals surface area contributed by atoms with E-state index in [9.17, 15) is 10.1 Å². The number of benzene rings is 1.